The summed E-state index contributed by atoms with van der Waals surface area (Å²) in [5, 5.41) is 8.28. The molecule has 1 aromatic rings. The normalized spacial score (nSPS) is 17.9. The van der Waals surface area contributed by atoms with Crippen molar-refractivity contribution in [3.63, 3.8) is 0 Å². The van der Waals surface area contributed by atoms with Gasteiger partial charge < -0.3 is 10.6 Å². The van der Waals surface area contributed by atoms with Crippen LogP contribution in [-0.4, -0.2) is 19.0 Å². The van der Waals surface area contributed by atoms with Gasteiger partial charge in [0.15, 0.2) is 0 Å². The Hall–Kier alpha value is -0.870. The Kier molecular flexibility index (Phi) is 3.61. The van der Waals surface area contributed by atoms with Crippen LogP contribution in [0.4, 0.5) is 0 Å². The molecule has 1 amide bonds. The highest BCUT2D eigenvalue weighted by molar-refractivity contribution is 7.10. The first kappa shape index (κ1) is 11.6. The molecule has 1 aromatic heterocycles. The fraction of sp³-hybridized carbons (Fsp3) is 0.583. The van der Waals surface area contributed by atoms with Gasteiger partial charge in [0.1, 0.15) is 0 Å². The molecule has 2 heterocycles. The summed E-state index contributed by atoms with van der Waals surface area (Å²) in [6.45, 7) is 6.73. The van der Waals surface area contributed by atoms with E-state index in [1.54, 1.807) is 11.3 Å². The van der Waals surface area contributed by atoms with Gasteiger partial charge in [0, 0.05) is 10.8 Å². The van der Waals surface area contributed by atoms with Crippen LogP contribution in [0, 0.1) is 18.8 Å². The lowest BCUT2D eigenvalue weighted by atomic mass is 9.88. The van der Waals surface area contributed by atoms with E-state index in [0.717, 1.165) is 13.1 Å². The molecule has 0 radical (unpaired) electrons. The zero-order valence-electron chi connectivity index (χ0n) is 9.75. The van der Waals surface area contributed by atoms with Gasteiger partial charge in [-0.1, -0.05) is 6.92 Å². The summed E-state index contributed by atoms with van der Waals surface area (Å²) >= 11 is 1.70. The van der Waals surface area contributed by atoms with Crippen molar-refractivity contribution in [2.24, 2.45) is 11.8 Å². The molecule has 3 nitrogen and oxygen atoms in total. The van der Waals surface area contributed by atoms with Crippen molar-refractivity contribution in [2.45, 2.75) is 20.4 Å². The zero-order valence-corrected chi connectivity index (χ0v) is 10.6. The minimum Gasteiger partial charge on any atom is -0.351 e. The van der Waals surface area contributed by atoms with Gasteiger partial charge in [-0.25, -0.2) is 0 Å². The van der Waals surface area contributed by atoms with Crippen molar-refractivity contribution in [3.05, 3.63) is 21.9 Å². The van der Waals surface area contributed by atoms with Crippen LogP contribution in [0.3, 0.4) is 0 Å². The van der Waals surface area contributed by atoms with Gasteiger partial charge in [0.25, 0.3) is 0 Å². The van der Waals surface area contributed by atoms with Crippen LogP contribution in [0.15, 0.2) is 11.4 Å². The topological polar surface area (TPSA) is 41.1 Å². The first-order valence-electron chi connectivity index (χ1n) is 5.70. The Morgan fingerprint density at radius 3 is 2.94 bits per heavy atom. The van der Waals surface area contributed by atoms with E-state index in [-0.39, 0.29) is 11.8 Å². The van der Waals surface area contributed by atoms with Crippen LogP contribution in [0.2, 0.25) is 0 Å². The number of nitrogens with one attached hydrogen (secondary N) is 2. The predicted molar refractivity (Wildman–Crippen MR) is 66.4 cm³/mol. The van der Waals surface area contributed by atoms with Crippen LogP contribution in [-0.2, 0) is 11.3 Å². The number of rotatable bonds is 4. The van der Waals surface area contributed by atoms with Gasteiger partial charge in [0.2, 0.25) is 5.91 Å². The molecule has 0 spiro atoms. The van der Waals surface area contributed by atoms with Gasteiger partial charge in [-0.05, 0) is 42.9 Å². The van der Waals surface area contributed by atoms with Crippen LogP contribution in [0.5, 0.6) is 0 Å². The maximum Gasteiger partial charge on any atom is 0.223 e. The predicted octanol–water partition coefficient (Wildman–Crippen LogP) is 1.53. The SMILES string of the molecule is Cc1ccsc1CNC(=O)C(C)C1CNC1. The smallest absolute Gasteiger partial charge is 0.223 e. The molecule has 1 aliphatic rings. The molecule has 88 valence electrons. The van der Waals surface area contributed by atoms with E-state index >= 15 is 0 Å². The molecule has 2 rings (SSSR count). The molecule has 16 heavy (non-hydrogen) atoms. The molecule has 1 aliphatic heterocycles. The van der Waals surface area contributed by atoms with Crippen molar-refractivity contribution in [3.8, 4) is 0 Å². The van der Waals surface area contributed by atoms with E-state index in [2.05, 4.69) is 29.0 Å². The van der Waals surface area contributed by atoms with Gasteiger partial charge in [-0.2, -0.15) is 0 Å². The fourth-order valence-electron chi connectivity index (χ4n) is 1.79. The highest BCUT2D eigenvalue weighted by atomic mass is 32.1. The summed E-state index contributed by atoms with van der Waals surface area (Å²) < 4.78 is 0. The third-order valence-electron chi connectivity index (χ3n) is 3.33. The van der Waals surface area contributed by atoms with E-state index in [1.807, 2.05) is 6.92 Å². The van der Waals surface area contributed by atoms with Crippen molar-refractivity contribution in [1.82, 2.24) is 10.6 Å². The molecule has 0 bridgehead atoms. The Morgan fingerprint density at radius 2 is 2.44 bits per heavy atom. The van der Waals surface area contributed by atoms with Crippen molar-refractivity contribution >= 4 is 17.2 Å². The quantitative estimate of drug-likeness (QED) is 0.835. The van der Waals surface area contributed by atoms with Crippen LogP contribution >= 0.6 is 11.3 Å². The summed E-state index contributed by atoms with van der Waals surface area (Å²) in [5.74, 6) is 0.824. The lowest BCUT2D eigenvalue weighted by Crippen LogP contribution is -2.49. The Morgan fingerprint density at radius 1 is 1.69 bits per heavy atom. The Labute approximate surface area is 100 Å². The van der Waals surface area contributed by atoms with Gasteiger partial charge in [-0.3, -0.25) is 4.79 Å². The summed E-state index contributed by atoms with van der Waals surface area (Å²) in [6.07, 6.45) is 0. The molecular formula is C12H18N2OS. The number of thiophene rings is 1. The summed E-state index contributed by atoms with van der Waals surface area (Å²) in [7, 11) is 0. The van der Waals surface area contributed by atoms with Crippen molar-refractivity contribution in [1.29, 1.82) is 0 Å². The monoisotopic (exact) mass is 238 g/mol. The number of amides is 1. The molecule has 1 fully saturated rings. The second-order valence-electron chi connectivity index (χ2n) is 4.45. The second kappa shape index (κ2) is 4.97. The molecule has 0 aromatic carbocycles. The van der Waals surface area contributed by atoms with Gasteiger partial charge in [0.05, 0.1) is 6.54 Å². The summed E-state index contributed by atoms with van der Waals surface area (Å²) in [6, 6.07) is 2.09. The van der Waals surface area contributed by atoms with E-state index in [9.17, 15) is 4.79 Å². The first-order valence-corrected chi connectivity index (χ1v) is 6.58. The molecule has 4 heteroatoms. The van der Waals surface area contributed by atoms with Crippen LogP contribution in [0.1, 0.15) is 17.4 Å². The van der Waals surface area contributed by atoms with Crippen molar-refractivity contribution < 1.29 is 4.79 Å². The van der Waals surface area contributed by atoms with E-state index < -0.39 is 0 Å². The minimum atomic E-state index is 0.126. The molecule has 0 saturated carbocycles. The zero-order chi connectivity index (χ0) is 11.5. The van der Waals surface area contributed by atoms with Crippen LogP contribution in [0.25, 0.3) is 0 Å². The molecule has 0 aliphatic carbocycles. The highest BCUT2D eigenvalue weighted by Gasteiger charge is 2.28. The average Bonchev–Trinajstić information content (AvgIpc) is 2.57. The maximum absolute atomic E-state index is 11.8. The lowest BCUT2D eigenvalue weighted by Gasteiger charge is -2.31. The third-order valence-corrected chi connectivity index (χ3v) is 4.35. The summed E-state index contributed by atoms with van der Waals surface area (Å²) in [5.41, 5.74) is 1.27. The number of carbonyl (C=O) groups is 1. The number of hydrogen-bond acceptors (Lipinski definition) is 3. The highest BCUT2D eigenvalue weighted by Crippen LogP contribution is 2.18. The fourth-order valence-corrected chi connectivity index (χ4v) is 2.64. The molecule has 2 N–H and O–H groups in total. The lowest BCUT2D eigenvalue weighted by molar-refractivity contribution is -0.126. The van der Waals surface area contributed by atoms with Crippen molar-refractivity contribution in [2.75, 3.05) is 13.1 Å². The number of hydrogen-bond donors (Lipinski definition) is 2. The first-order chi connectivity index (χ1) is 7.68. The Balaban J connectivity index is 1.81. The Bertz CT molecular complexity index is 371. The standard InChI is InChI=1S/C12H18N2OS/c1-8-3-4-16-11(8)7-14-12(15)9(2)10-5-13-6-10/h3-4,9-10,13H,5-7H2,1-2H3,(H,14,15). The average molecular weight is 238 g/mol. The number of aryl methyl sites for hydroxylation is 1. The minimum absolute atomic E-state index is 0.126. The van der Waals surface area contributed by atoms with Gasteiger partial charge in [-0.15, -0.1) is 11.3 Å². The third kappa shape index (κ3) is 2.44. The number of carbonyl (C=O) groups excluding carboxylic acids is 1. The van der Waals surface area contributed by atoms with E-state index in [0.29, 0.717) is 12.5 Å². The maximum atomic E-state index is 11.8. The van der Waals surface area contributed by atoms with Crippen LogP contribution < -0.4 is 10.6 Å². The largest absolute Gasteiger partial charge is 0.351 e. The van der Waals surface area contributed by atoms with E-state index in [1.165, 1.54) is 10.4 Å². The van der Waals surface area contributed by atoms with E-state index in [4.69, 9.17) is 0 Å². The molecule has 1 saturated heterocycles. The molecule has 1 unspecified atom stereocenters. The van der Waals surface area contributed by atoms with Gasteiger partial charge >= 0.3 is 0 Å². The molecular weight excluding hydrogens is 220 g/mol. The molecule has 1 atom stereocenters. The summed E-state index contributed by atoms with van der Waals surface area (Å²) in [4.78, 5) is 13.1. The second-order valence-corrected chi connectivity index (χ2v) is 5.45.